The molecule has 1 heterocycles. The largest absolute Gasteiger partial charge is 0.306 e. The van der Waals surface area contributed by atoms with Crippen LogP contribution in [0.25, 0.3) is 0 Å². The van der Waals surface area contributed by atoms with E-state index in [9.17, 15) is 0 Å². The molecule has 0 N–H and O–H groups in total. The average Bonchev–Trinajstić information content (AvgIpc) is 2.12. The summed E-state index contributed by atoms with van der Waals surface area (Å²) in [7, 11) is 2.27. The molecule has 0 bridgehead atoms. The predicted octanol–water partition coefficient (Wildman–Crippen LogP) is 3.69. The van der Waals surface area contributed by atoms with Gasteiger partial charge in [-0.25, -0.2) is 0 Å². The summed E-state index contributed by atoms with van der Waals surface area (Å²) in [5.74, 6) is 0. The Morgan fingerprint density at radius 2 is 1.36 bits per heavy atom. The molecule has 0 aromatic heterocycles. The molecule has 1 rings (SSSR count). The topological polar surface area (TPSA) is 3.24 Å². The summed E-state index contributed by atoms with van der Waals surface area (Å²) in [6.45, 7) is 7.47. The fraction of sp³-hybridized carbons (Fsp3) is 1.00. The predicted molar refractivity (Wildman–Crippen MR) is 63.6 cm³/mol. The molecule has 0 unspecified atom stereocenters. The van der Waals surface area contributed by atoms with Gasteiger partial charge in [-0.05, 0) is 51.2 Å². The second kappa shape index (κ2) is 5.75. The molecule has 1 nitrogen and oxygen atoms in total. The molecule has 0 amide bonds. The Bertz CT molecular complexity index is 151. The van der Waals surface area contributed by atoms with Gasteiger partial charge in [0.05, 0.1) is 0 Å². The third-order valence-electron chi connectivity index (χ3n) is 3.54. The molecule has 1 aliphatic heterocycles. The lowest BCUT2D eigenvalue weighted by atomic mass is 9.82. The summed E-state index contributed by atoms with van der Waals surface area (Å²) in [6, 6.07) is 0. The van der Waals surface area contributed by atoms with Gasteiger partial charge in [0.25, 0.3) is 0 Å². The Morgan fingerprint density at radius 1 is 0.786 bits per heavy atom. The molecule has 0 spiro atoms. The molecule has 0 aromatic carbocycles. The zero-order valence-corrected chi connectivity index (χ0v) is 10.3. The standard InChI is InChI=1S/C13H27N/c1-13(2)9-6-4-5-7-11-14(3)12-8-10-13/h4-12H2,1-3H3. The molecule has 14 heavy (non-hydrogen) atoms. The lowest BCUT2D eigenvalue weighted by molar-refractivity contribution is 0.263. The highest BCUT2D eigenvalue weighted by molar-refractivity contribution is 4.70. The van der Waals surface area contributed by atoms with E-state index >= 15 is 0 Å². The molecule has 84 valence electrons. The molecular weight excluding hydrogens is 170 g/mol. The van der Waals surface area contributed by atoms with Crippen LogP contribution in [0.4, 0.5) is 0 Å². The fourth-order valence-corrected chi connectivity index (χ4v) is 2.40. The summed E-state index contributed by atoms with van der Waals surface area (Å²) < 4.78 is 0. The third kappa shape index (κ3) is 4.99. The second-order valence-electron chi connectivity index (χ2n) is 5.74. The average molecular weight is 197 g/mol. The van der Waals surface area contributed by atoms with Gasteiger partial charge in [0.2, 0.25) is 0 Å². The monoisotopic (exact) mass is 197 g/mol. The smallest absolute Gasteiger partial charge is 0.00216 e. The summed E-state index contributed by atoms with van der Waals surface area (Å²) in [4.78, 5) is 2.50. The quantitative estimate of drug-likeness (QED) is 0.572. The second-order valence-corrected chi connectivity index (χ2v) is 5.74. The van der Waals surface area contributed by atoms with Gasteiger partial charge in [0.1, 0.15) is 0 Å². The van der Waals surface area contributed by atoms with E-state index in [1.807, 2.05) is 0 Å². The Morgan fingerprint density at radius 3 is 2.14 bits per heavy atom. The Labute approximate surface area is 89.9 Å². The van der Waals surface area contributed by atoms with Crippen molar-refractivity contribution in [3.05, 3.63) is 0 Å². The van der Waals surface area contributed by atoms with E-state index in [0.717, 1.165) is 0 Å². The summed E-state index contributed by atoms with van der Waals surface area (Å²) in [6.07, 6.45) is 9.92. The molecular formula is C13H27N. The molecule has 1 aliphatic rings. The van der Waals surface area contributed by atoms with Crippen LogP contribution >= 0.6 is 0 Å². The summed E-state index contributed by atoms with van der Waals surface area (Å²) >= 11 is 0. The van der Waals surface area contributed by atoms with Gasteiger partial charge in [-0.3, -0.25) is 0 Å². The van der Waals surface area contributed by atoms with Crippen molar-refractivity contribution in [3.63, 3.8) is 0 Å². The number of rotatable bonds is 0. The Balaban J connectivity index is 2.36. The van der Waals surface area contributed by atoms with E-state index in [0.29, 0.717) is 5.41 Å². The van der Waals surface area contributed by atoms with E-state index in [-0.39, 0.29) is 0 Å². The van der Waals surface area contributed by atoms with Crippen LogP contribution in [0.1, 0.15) is 58.8 Å². The van der Waals surface area contributed by atoms with Crippen molar-refractivity contribution in [3.8, 4) is 0 Å². The van der Waals surface area contributed by atoms with Gasteiger partial charge in [0, 0.05) is 0 Å². The van der Waals surface area contributed by atoms with Crippen molar-refractivity contribution >= 4 is 0 Å². The normalized spacial score (nSPS) is 26.8. The van der Waals surface area contributed by atoms with Gasteiger partial charge in [-0.2, -0.15) is 0 Å². The van der Waals surface area contributed by atoms with Crippen LogP contribution in [0.2, 0.25) is 0 Å². The van der Waals surface area contributed by atoms with Gasteiger partial charge in [-0.1, -0.05) is 33.1 Å². The van der Waals surface area contributed by atoms with Crippen LogP contribution in [0.15, 0.2) is 0 Å². The van der Waals surface area contributed by atoms with Crippen LogP contribution in [-0.2, 0) is 0 Å². The minimum absolute atomic E-state index is 0.588. The van der Waals surface area contributed by atoms with E-state index in [1.165, 1.54) is 58.0 Å². The molecule has 0 atom stereocenters. The zero-order valence-electron chi connectivity index (χ0n) is 10.3. The van der Waals surface area contributed by atoms with Gasteiger partial charge < -0.3 is 4.90 Å². The van der Waals surface area contributed by atoms with Gasteiger partial charge in [-0.15, -0.1) is 0 Å². The maximum atomic E-state index is 2.50. The molecule has 0 saturated carbocycles. The van der Waals surface area contributed by atoms with Crippen LogP contribution in [0.5, 0.6) is 0 Å². The molecule has 0 radical (unpaired) electrons. The molecule has 0 aromatic rings. The Hall–Kier alpha value is -0.0400. The van der Waals surface area contributed by atoms with E-state index < -0.39 is 0 Å². The van der Waals surface area contributed by atoms with E-state index in [4.69, 9.17) is 0 Å². The lowest BCUT2D eigenvalue weighted by Crippen LogP contribution is -2.22. The highest BCUT2D eigenvalue weighted by Gasteiger charge is 2.17. The maximum Gasteiger partial charge on any atom is -0.00216 e. The first-order chi connectivity index (χ1) is 6.60. The lowest BCUT2D eigenvalue weighted by Gasteiger charge is -2.25. The van der Waals surface area contributed by atoms with E-state index in [1.54, 1.807) is 0 Å². The molecule has 1 saturated heterocycles. The molecule has 1 heteroatoms. The third-order valence-corrected chi connectivity index (χ3v) is 3.54. The van der Waals surface area contributed by atoms with Crippen molar-refractivity contribution in [1.82, 2.24) is 4.90 Å². The number of hydrogen-bond donors (Lipinski definition) is 0. The van der Waals surface area contributed by atoms with Crippen LogP contribution in [0, 0.1) is 5.41 Å². The van der Waals surface area contributed by atoms with E-state index in [2.05, 4.69) is 25.8 Å². The van der Waals surface area contributed by atoms with Crippen molar-refractivity contribution < 1.29 is 0 Å². The van der Waals surface area contributed by atoms with Crippen molar-refractivity contribution in [2.24, 2.45) is 5.41 Å². The minimum Gasteiger partial charge on any atom is -0.306 e. The molecule has 0 aliphatic carbocycles. The minimum atomic E-state index is 0.588. The number of hydrogen-bond acceptors (Lipinski definition) is 1. The van der Waals surface area contributed by atoms with Gasteiger partial charge >= 0.3 is 0 Å². The highest BCUT2D eigenvalue weighted by atomic mass is 15.1. The first-order valence-electron chi connectivity index (χ1n) is 6.29. The number of nitrogens with zero attached hydrogens (tertiary/aromatic N) is 1. The SMILES string of the molecule is CN1CCCCCCC(C)(C)CCC1. The van der Waals surface area contributed by atoms with Crippen molar-refractivity contribution in [1.29, 1.82) is 0 Å². The maximum absolute atomic E-state index is 2.50. The Kier molecular flexibility index (Phi) is 4.94. The first kappa shape index (κ1) is 12.0. The van der Waals surface area contributed by atoms with Gasteiger partial charge in [0.15, 0.2) is 0 Å². The summed E-state index contributed by atoms with van der Waals surface area (Å²) in [5.41, 5.74) is 0.588. The molecule has 1 fully saturated rings. The highest BCUT2D eigenvalue weighted by Crippen LogP contribution is 2.29. The zero-order chi connectivity index (χ0) is 10.4. The first-order valence-corrected chi connectivity index (χ1v) is 6.29. The van der Waals surface area contributed by atoms with Crippen LogP contribution in [0.3, 0.4) is 0 Å². The van der Waals surface area contributed by atoms with Crippen LogP contribution < -0.4 is 0 Å². The summed E-state index contributed by atoms with van der Waals surface area (Å²) in [5, 5.41) is 0. The fourth-order valence-electron chi connectivity index (χ4n) is 2.40. The van der Waals surface area contributed by atoms with Crippen molar-refractivity contribution in [2.45, 2.75) is 58.8 Å². The van der Waals surface area contributed by atoms with Crippen molar-refractivity contribution in [2.75, 3.05) is 20.1 Å². The van der Waals surface area contributed by atoms with Crippen LogP contribution in [-0.4, -0.2) is 25.0 Å².